The van der Waals surface area contributed by atoms with Crippen LogP contribution in [0, 0.1) is 11.7 Å². The van der Waals surface area contributed by atoms with E-state index in [0.29, 0.717) is 30.5 Å². The van der Waals surface area contributed by atoms with E-state index in [1.807, 2.05) is 0 Å². The van der Waals surface area contributed by atoms with Crippen LogP contribution in [0.3, 0.4) is 0 Å². The number of carbonyl (C=O) groups excluding carboxylic acids is 1. The van der Waals surface area contributed by atoms with Crippen molar-refractivity contribution in [2.24, 2.45) is 5.92 Å². The lowest BCUT2D eigenvalue weighted by atomic mass is 9.99. The second-order valence-electron chi connectivity index (χ2n) is 4.31. The van der Waals surface area contributed by atoms with Crippen molar-refractivity contribution in [2.45, 2.75) is 12.8 Å². The molecule has 1 aromatic heterocycles. The standard InChI is InChI=1S/C12H14ClFN2O/c13-5-9-2-1-3-16(8-9)12(17)10-4-11(14)7-15-6-10/h4,6-7,9H,1-3,5,8H2. The average molecular weight is 257 g/mol. The smallest absolute Gasteiger partial charge is 0.255 e. The molecule has 17 heavy (non-hydrogen) atoms. The fourth-order valence-electron chi connectivity index (χ4n) is 2.09. The topological polar surface area (TPSA) is 33.2 Å². The van der Waals surface area contributed by atoms with Gasteiger partial charge in [0, 0.05) is 25.2 Å². The Morgan fingerprint density at radius 2 is 2.41 bits per heavy atom. The Morgan fingerprint density at radius 3 is 3.12 bits per heavy atom. The van der Waals surface area contributed by atoms with Crippen LogP contribution >= 0.6 is 11.6 Å². The molecule has 1 saturated heterocycles. The Morgan fingerprint density at radius 1 is 1.59 bits per heavy atom. The zero-order valence-electron chi connectivity index (χ0n) is 9.40. The molecule has 0 saturated carbocycles. The van der Waals surface area contributed by atoms with E-state index in [1.54, 1.807) is 4.90 Å². The summed E-state index contributed by atoms with van der Waals surface area (Å²) in [5.74, 6) is 0.259. The van der Waals surface area contributed by atoms with Gasteiger partial charge in [-0.15, -0.1) is 11.6 Å². The average Bonchev–Trinajstić information content (AvgIpc) is 2.38. The molecule has 1 aliphatic heterocycles. The van der Waals surface area contributed by atoms with Gasteiger partial charge in [0.05, 0.1) is 11.8 Å². The minimum absolute atomic E-state index is 0.160. The van der Waals surface area contributed by atoms with Crippen LogP contribution in [0.4, 0.5) is 4.39 Å². The van der Waals surface area contributed by atoms with Crippen LogP contribution in [-0.2, 0) is 0 Å². The second-order valence-corrected chi connectivity index (χ2v) is 4.61. The minimum Gasteiger partial charge on any atom is -0.338 e. The van der Waals surface area contributed by atoms with Gasteiger partial charge in [-0.1, -0.05) is 0 Å². The highest BCUT2D eigenvalue weighted by Gasteiger charge is 2.24. The van der Waals surface area contributed by atoms with Gasteiger partial charge in [-0.2, -0.15) is 0 Å². The maximum Gasteiger partial charge on any atom is 0.255 e. The Labute approximate surface area is 105 Å². The van der Waals surface area contributed by atoms with Crippen LogP contribution in [0.25, 0.3) is 0 Å². The number of hydrogen-bond acceptors (Lipinski definition) is 2. The molecular weight excluding hydrogens is 243 g/mol. The van der Waals surface area contributed by atoms with Crippen molar-refractivity contribution >= 4 is 17.5 Å². The number of aromatic nitrogens is 1. The van der Waals surface area contributed by atoms with E-state index in [0.717, 1.165) is 19.0 Å². The number of rotatable bonds is 2. The van der Waals surface area contributed by atoms with Crippen molar-refractivity contribution in [2.75, 3.05) is 19.0 Å². The molecule has 5 heteroatoms. The van der Waals surface area contributed by atoms with E-state index in [2.05, 4.69) is 4.98 Å². The van der Waals surface area contributed by atoms with Gasteiger partial charge in [-0.25, -0.2) is 4.39 Å². The Hall–Kier alpha value is -1.16. The fraction of sp³-hybridized carbons (Fsp3) is 0.500. The highest BCUT2D eigenvalue weighted by molar-refractivity contribution is 6.18. The molecule has 0 aromatic carbocycles. The third-order valence-electron chi connectivity index (χ3n) is 2.98. The highest BCUT2D eigenvalue weighted by atomic mass is 35.5. The number of piperidine rings is 1. The Kier molecular flexibility index (Phi) is 3.94. The lowest BCUT2D eigenvalue weighted by Crippen LogP contribution is -2.40. The largest absolute Gasteiger partial charge is 0.338 e. The van der Waals surface area contributed by atoms with Crippen molar-refractivity contribution < 1.29 is 9.18 Å². The number of halogens is 2. The maximum absolute atomic E-state index is 13.0. The predicted octanol–water partition coefficient (Wildman–Crippen LogP) is 2.31. The number of carbonyl (C=O) groups is 1. The molecule has 2 heterocycles. The summed E-state index contributed by atoms with van der Waals surface area (Å²) in [7, 11) is 0. The lowest BCUT2D eigenvalue weighted by Gasteiger charge is -2.31. The maximum atomic E-state index is 13.0. The summed E-state index contributed by atoms with van der Waals surface area (Å²) >= 11 is 5.81. The van der Waals surface area contributed by atoms with Gasteiger partial charge in [0.15, 0.2) is 0 Å². The van der Waals surface area contributed by atoms with Crippen molar-refractivity contribution in [1.82, 2.24) is 9.88 Å². The van der Waals surface area contributed by atoms with Crippen molar-refractivity contribution in [3.8, 4) is 0 Å². The minimum atomic E-state index is -0.484. The summed E-state index contributed by atoms with van der Waals surface area (Å²) < 4.78 is 13.0. The summed E-state index contributed by atoms with van der Waals surface area (Å²) in [6, 6.07) is 1.22. The first-order valence-corrected chi connectivity index (χ1v) is 6.20. The Bertz CT molecular complexity index is 413. The molecule has 3 nitrogen and oxygen atoms in total. The molecule has 92 valence electrons. The van der Waals surface area contributed by atoms with Crippen LogP contribution in [0.1, 0.15) is 23.2 Å². The normalized spacial score (nSPS) is 20.4. The first-order valence-electron chi connectivity index (χ1n) is 5.66. The first kappa shape index (κ1) is 12.3. The molecule has 0 bridgehead atoms. The van der Waals surface area contributed by atoms with E-state index in [-0.39, 0.29) is 5.91 Å². The first-order chi connectivity index (χ1) is 8.20. The van der Waals surface area contributed by atoms with Gasteiger partial charge in [0.1, 0.15) is 5.82 Å². The van der Waals surface area contributed by atoms with E-state index in [4.69, 9.17) is 11.6 Å². The second kappa shape index (κ2) is 5.45. The van der Waals surface area contributed by atoms with Crippen molar-refractivity contribution in [1.29, 1.82) is 0 Å². The zero-order valence-corrected chi connectivity index (χ0v) is 10.2. The van der Waals surface area contributed by atoms with Gasteiger partial charge in [-0.3, -0.25) is 9.78 Å². The monoisotopic (exact) mass is 256 g/mol. The third kappa shape index (κ3) is 2.94. The zero-order chi connectivity index (χ0) is 12.3. The number of likely N-dealkylation sites (tertiary alicyclic amines) is 1. The molecule has 1 atom stereocenters. The summed E-state index contributed by atoms with van der Waals surface area (Å²) in [6.45, 7) is 1.36. The summed E-state index contributed by atoms with van der Waals surface area (Å²) in [5, 5.41) is 0. The molecule has 0 aliphatic carbocycles. The van der Waals surface area contributed by atoms with Gasteiger partial charge in [0.2, 0.25) is 0 Å². The van der Waals surface area contributed by atoms with E-state index in [1.165, 1.54) is 12.3 Å². The predicted molar refractivity (Wildman–Crippen MR) is 63.5 cm³/mol. The van der Waals surface area contributed by atoms with Crippen LogP contribution in [0.15, 0.2) is 18.5 Å². The van der Waals surface area contributed by atoms with Gasteiger partial charge in [-0.05, 0) is 24.8 Å². The highest BCUT2D eigenvalue weighted by Crippen LogP contribution is 2.19. The fourth-order valence-corrected chi connectivity index (χ4v) is 2.34. The molecule has 0 spiro atoms. The number of hydrogen-bond donors (Lipinski definition) is 0. The Balaban J connectivity index is 2.09. The molecule has 1 amide bonds. The lowest BCUT2D eigenvalue weighted by molar-refractivity contribution is 0.0684. The molecule has 1 unspecified atom stereocenters. The molecule has 1 aliphatic rings. The summed E-state index contributed by atoms with van der Waals surface area (Å²) in [6.07, 6.45) is 4.49. The van der Waals surface area contributed by atoms with Gasteiger partial charge in [0.25, 0.3) is 5.91 Å². The quantitative estimate of drug-likeness (QED) is 0.761. The van der Waals surface area contributed by atoms with Gasteiger partial charge < -0.3 is 4.90 Å². The van der Waals surface area contributed by atoms with Crippen LogP contribution in [0.2, 0.25) is 0 Å². The summed E-state index contributed by atoms with van der Waals surface area (Å²) in [4.78, 5) is 17.5. The number of nitrogens with zero attached hydrogens (tertiary/aromatic N) is 2. The number of alkyl halides is 1. The molecule has 1 aromatic rings. The van der Waals surface area contributed by atoms with Gasteiger partial charge >= 0.3 is 0 Å². The SMILES string of the molecule is O=C(c1cncc(F)c1)N1CCCC(CCl)C1. The van der Waals surface area contributed by atoms with Crippen LogP contribution in [0.5, 0.6) is 0 Å². The third-order valence-corrected chi connectivity index (χ3v) is 3.41. The van der Waals surface area contributed by atoms with Crippen LogP contribution in [-0.4, -0.2) is 34.8 Å². The molecule has 0 radical (unpaired) electrons. The van der Waals surface area contributed by atoms with Crippen molar-refractivity contribution in [3.05, 3.63) is 29.8 Å². The van der Waals surface area contributed by atoms with E-state index < -0.39 is 5.82 Å². The molecular formula is C12H14ClFN2O. The number of amides is 1. The van der Waals surface area contributed by atoms with Crippen LogP contribution < -0.4 is 0 Å². The molecule has 1 fully saturated rings. The number of pyridine rings is 1. The van der Waals surface area contributed by atoms with E-state index in [9.17, 15) is 9.18 Å². The molecule has 2 rings (SSSR count). The molecule has 0 N–H and O–H groups in total. The van der Waals surface area contributed by atoms with E-state index >= 15 is 0 Å². The van der Waals surface area contributed by atoms with Crippen molar-refractivity contribution in [3.63, 3.8) is 0 Å². The summed E-state index contributed by atoms with van der Waals surface area (Å²) in [5.41, 5.74) is 0.306.